The first-order valence-corrected chi connectivity index (χ1v) is 10.3. The fraction of sp³-hybridized carbons (Fsp3) is 0.278. The third kappa shape index (κ3) is 5.20. The summed E-state index contributed by atoms with van der Waals surface area (Å²) in [5.41, 5.74) is 0.635. The summed E-state index contributed by atoms with van der Waals surface area (Å²) >= 11 is 6.07. The van der Waals surface area contributed by atoms with Crippen molar-refractivity contribution in [2.24, 2.45) is 0 Å². The molecule has 0 spiro atoms. The van der Waals surface area contributed by atoms with E-state index in [1.165, 1.54) is 33.5 Å². The molecule has 2 rings (SSSR count). The normalized spacial score (nSPS) is 10.9. The maximum Gasteiger partial charge on any atom is 0.245 e. The summed E-state index contributed by atoms with van der Waals surface area (Å²) in [6.45, 7) is -0.466. The Bertz CT molecular complexity index is 947. The molecule has 0 radical (unpaired) electrons. The molecule has 1 amide bonds. The highest BCUT2D eigenvalue weighted by Gasteiger charge is 2.25. The smallest absolute Gasteiger partial charge is 0.245 e. The minimum atomic E-state index is -3.81. The molecule has 2 aromatic rings. The quantitative estimate of drug-likeness (QED) is 0.694. The number of sulfonamides is 1. The number of hydrogen-bond donors (Lipinski definition) is 1. The number of ether oxygens (including phenoxy) is 3. The van der Waals surface area contributed by atoms with Gasteiger partial charge in [0, 0.05) is 17.8 Å². The molecule has 8 nitrogen and oxygen atoms in total. The number of carbonyl (C=O) groups is 1. The first kappa shape index (κ1) is 21.6. The lowest BCUT2D eigenvalue weighted by Crippen LogP contribution is -2.37. The number of methoxy groups -OCH3 is 3. The van der Waals surface area contributed by atoms with E-state index >= 15 is 0 Å². The van der Waals surface area contributed by atoms with Gasteiger partial charge in [-0.15, -0.1) is 0 Å². The van der Waals surface area contributed by atoms with Crippen molar-refractivity contribution in [3.05, 3.63) is 41.4 Å². The summed E-state index contributed by atoms with van der Waals surface area (Å²) in [5.74, 6) is 0.537. The summed E-state index contributed by atoms with van der Waals surface area (Å²) in [5, 5.41) is 2.89. The average molecular weight is 429 g/mol. The van der Waals surface area contributed by atoms with Crippen LogP contribution in [-0.2, 0) is 14.8 Å². The van der Waals surface area contributed by atoms with Gasteiger partial charge in [-0.05, 0) is 24.3 Å². The fourth-order valence-corrected chi connectivity index (χ4v) is 3.51. The number of anilines is 2. The Hall–Kier alpha value is -2.65. The number of benzene rings is 2. The topological polar surface area (TPSA) is 94.2 Å². The van der Waals surface area contributed by atoms with Crippen molar-refractivity contribution in [3.63, 3.8) is 0 Å². The van der Waals surface area contributed by atoms with E-state index in [2.05, 4.69) is 5.32 Å². The van der Waals surface area contributed by atoms with Crippen LogP contribution in [0.15, 0.2) is 36.4 Å². The van der Waals surface area contributed by atoms with E-state index in [4.69, 9.17) is 25.8 Å². The van der Waals surface area contributed by atoms with Gasteiger partial charge in [0.15, 0.2) is 0 Å². The second-order valence-corrected chi connectivity index (χ2v) is 8.02. The van der Waals surface area contributed by atoms with Crippen LogP contribution in [0.3, 0.4) is 0 Å². The minimum Gasteiger partial charge on any atom is -0.497 e. The Labute approximate surface area is 169 Å². The average Bonchev–Trinajstić information content (AvgIpc) is 2.65. The number of rotatable bonds is 8. The SMILES string of the molecule is COc1ccc(NC(=O)CN(c2cc(OC)c(Cl)cc2OC)S(C)(=O)=O)cc1. The molecule has 0 bridgehead atoms. The molecule has 0 saturated heterocycles. The first-order valence-electron chi connectivity index (χ1n) is 8.02. The Balaban J connectivity index is 2.33. The van der Waals surface area contributed by atoms with Gasteiger partial charge in [-0.2, -0.15) is 0 Å². The molecule has 0 unspecified atom stereocenters. The molecule has 1 N–H and O–H groups in total. The zero-order valence-corrected chi connectivity index (χ0v) is 17.4. The van der Waals surface area contributed by atoms with Crippen LogP contribution in [0, 0.1) is 0 Å². The molecule has 0 aromatic heterocycles. The van der Waals surface area contributed by atoms with Crippen molar-refractivity contribution >= 4 is 38.9 Å². The van der Waals surface area contributed by atoms with Crippen molar-refractivity contribution in [2.45, 2.75) is 0 Å². The standard InChI is InChI=1S/C18H21ClN2O6S/c1-25-13-7-5-12(6-8-13)20-18(22)11-21(28(4,23)24)15-10-16(26-2)14(19)9-17(15)27-3/h5-10H,11H2,1-4H3,(H,20,22). The molecule has 0 fully saturated rings. The van der Waals surface area contributed by atoms with E-state index in [1.54, 1.807) is 24.3 Å². The summed E-state index contributed by atoms with van der Waals surface area (Å²) in [6.07, 6.45) is 0.994. The molecule has 0 aliphatic rings. The molecule has 10 heteroatoms. The van der Waals surface area contributed by atoms with Crippen molar-refractivity contribution < 1.29 is 27.4 Å². The number of nitrogens with one attached hydrogen (secondary N) is 1. The van der Waals surface area contributed by atoms with E-state index < -0.39 is 22.5 Å². The van der Waals surface area contributed by atoms with Gasteiger partial charge in [0.25, 0.3) is 0 Å². The monoisotopic (exact) mass is 428 g/mol. The maximum absolute atomic E-state index is 12.5. The van der Waals surface area contributed by atoms with Gasteiger partial charge in [-0.3, -0.25) is 9.10 Å². The summed E-state index contributed by atoms with van der Waals surface area (Å²) in [6, 6.07) is 9.48. The second kappa shape index (κ2) is 9.03. The van der Waals surface area contributed by atoms with Crippen LogP contribution in [0.4, 0.5) is 11.4 Å². The van der Waals surface area contributed by atoms with Crippen LogP contribution in [0.2, 0.25) is 5.02 Å². The second-order valence-electron chi connectivity index (χ2n) is 5.70. The van der Waals surface area contributed by atoms with Crippen LogP contribution in [0.1, 0.15) is 0 Å². The highest BCUT2D eigenvalue weighted by atomic mass is 35.5. The number of hydrogen-bond acceptors (Lipinski definition) is 6. The predicted octanol–water partition coefficient (Wildman–Crippen LogP) is 2.77. The molecule has 0 saturated carbocycles. The number of halogens is 1. The van der Waals surface area contributed by atoms with Crippen molar-refractivity contribution in [3.8, 4) is 17.2 Å². The zero-order chi connectivity index (χ0) is 20.9. The van der Waals surface area contributed by atoms with E-state index in [0.717, 1.165) is 10.6 Å². The molecular weight excluding hydrogens is 408 g/mol. The highest BCUT2D eigenvalue weighted by molar-refractivity contribution is 7.92. The molecule has 152 valence electrons. The molecule has 0 aliphatic carbocycles. The molecular formula is C18H21ClN2O6S. The molecule has 0 aliphatic heterocycles. The Morgan fingerprint density at radius 3 is 2.14 bits per heavy atom. The van der Waals surface area contributed by atoms with Gasteiger partial charge in [0.1, 0.15) is 23.8 Å². The van der Waals surface area contributed by atoms with Gasteiger partial charge >= 0.3 is 0 Å². The molecule has 28 heavy (non-hydrogen) atoms. The highest BCUT2D eigenvalue weighted by Crippen LogP contribution is 2.38. The van der Waals surface area contributed by atoms with Crippen molar-refractivity contribution in [2.75, 3.05) is 43.8 Å². The largest absolute Gasteiger partial charge is 0.497 e. The van der Waals surface area contributed by atoms with Gasteiger partial charge in [-0.1, -0.05) is 11.6 Å². The lowest BCUT2D eigenvalue weighted by atomic mass is 10.2. The van der Waals surface area contributed by atoms with Gasteiger partial charge in [0.2, 0.25) is 15.9 Å². The van der Waals surface area contributed by atoms with E-state index in [1.807, 2.05) is 0 Å². The minimum absolute atomic E-state index is 0.135. The van der Waals surface area contributed by atoms with Crippen LogP contribution in [0.5, 0.6) is 17.2 Å². The van der Waals surface area contributed by atoms with E-state index in [0.29, 0.717) is 11.4 Å². The third-order valence-corrected chi connectivity index (χ3v) is 5.21. The number of amides is 1. The summed E-state index contributed by atoms with van der Waals surface area (Å²) in [4.78, 5) is 12.5. The molecule has 2 aromatic carbocycles. The predicted molar refractivity (Wildman–Crippen MR) is 108 cm³/mol. The summed E-state index contributed by atoms with van der Waals surface area (Å²) < 4.78 is 41.1. The Morgan fingerprint density at radius 1 is 1.04 bits per heavy atom. The zero-order valence-electron chi connectivity index (χ0n) is 15.9. The van der Waals surface area contributed by atoms with Crippen LogP contribution < -0.4 is 23.8 Å². The van der Waals surface area contributed by atoms with Crippen LogP contribution >= 0.6 is 11.6 Å². The number of nitrogens with zero attached hydrogens (tertiary/aromatic N) is 1. The maximum atomic E-state index is 12.5. The fourth-order valence-electron chi connectivity index (χ4n) is 2.43. The van der Waals surface area contributed by atoms with E-state index in [9.17, 15) is 13.2 Å². The van der Waals surface area contributed by atoms with Gasteiger partial charge in [-0.25, -0.2) is 8.42 Å². The van der Waals surface area contributed by atoms with Gasteiger partial charge < -0.3 is 19.5 Å². The van der Waals surface area contributed by atoms with Crippen molar-refractivity contribution in [1.82, 2.24) is 0 Å². The van der Waals surface area contributed by atoms with E-state index in [-0.39, 0.29) is 22.2 Å². The molecule has 0 atom stereocenters. The first-order chi connectivity index (χ1) is 13.2. The summed E-state index contributed by atoms with van der Waals surface area (Å²) in [7, 11) is 0.496. The Morgan fingerprint density at radius 2 is 1.64 bits per heavy atom. The van der Waals surface area contributed by atoms with Crippen LogP contribution in [0.25, 0.3) is 0 Å². The third-order valence-electron chi connectivity index (χ3n) is 3.78. The Kier molecular flexibility index (Phi) is 6.98. The van der Waals surface area contributed by atoms with Crippen molar-refractivity contribution in [1.29, 1.82) is 0 Å². The number of carbonyl (C=O) groups excluding carboxylic acids is 1. The lowest BCUT2D eigenvalue weighted by Gasteiger charge is -2.24. The van der Waals surface area contributed by atoms with Crippen LogP contribution in [-0.4, -0.2) is 48.5 Å². The lowest BCUT2D eigenvalue weighted by molar-refractivity contribution is -0.114. The molecule has 0 heterocycles. The van der Waals surface area contributed by atoms with Gasteiger partial charge in [0.05, 0.1) is 38.3 Å².